The van der Waals surface area contributed by atoms with Crippen LogP contribution in [0.1, 0.15) is 75.6 Å². The predicted octanol–water partition coefficient (Wildman–Crippen LogP) is 2.53. The van der Waals surface area contributed by atoms with Gasteiger partial charge in [-0.05, 0) is 60.8 Å². The van der Waals surface area contributed by atoms with Crippen LogP contribution >= 0.6 is 0 Å². The molecular formula is C41H55N7O9. The minimum atomic E-state index is -1.76. The van der Waals surface area contributed by atoms with Gasteiger partial charge in [0, 0.05) is 49.4 Å². The van der Waals surface area contributed by atoms with E-state index in [0.29, 0.717) is 49.9 Å². The normalized spacial score (nSPS) is 29.2. The number of imide groups is 2. The molecule has 6 atom stereocenters. The summed E-state index contributed by atoms with van der Waals surface area (Å²) in [6.07, 6.45) is -1.70. The van der Waals surface area contributed by atoms with E-state index in [2.05, 4.69) is 15.5 Å². The van der Waals surface area contributed by atoms with Gasteiger partial charge in [-0.2, -0.15) is 0 Å². The average Bonchev–Trinajstić information content (AvgIpc) is 3.80. The summed E-state index contributed by atoms with van der Waals surface area (Å²) in [4.78, 5) is 87.5. The summed E-state index contributed by atoms with van der Waals surface area (Å²) in [5.74, 6) is -4.69. The van der Waals surface area contributed by atoms with Crippen molar-refractivity contribution >= 4 is 35.8 Å². The Labute approximate surface area is 332 Å². The maximum atomic E-state index is 14.9. The number of amides is 6. The number of hydrogen-bond donors (Lipinski definition) is 6. The zero-order valence-corrected chi connectivity index (χ0v) is 33.2. The van der Waals surface area contributed by atoms with Gasteiger partial charge in [-0.15, -0.1) is 0 Å². The largest absolute Gasteiger partial charge is 0.465 e. The Balaban J connectivity index is 1.59. The molecule has 57 heavy (non-hydrogen) atoms. The highest BCUT2D eigenvalue weighted by Gasteiger charge is 2.66. The summed E-state index contributed by atoms with van der Waals surface area (Å²) in [6.45, 7) is 8.29. The SMILES string of the molecule is COCCN(C1CCCN1[C@]1(C(=O)NC(=O)O)c2ccc(cc2)CC(C(N)=O)C1(C)C)C1CCCN1[C@]1(C(=O)NC(=O)O)c2ccc(cc2)CC(C(N)=O)C1(C)C. The van der Waals surface area contributed by atoms with Crippen LogP contribution in [-0.2, 0) is 47.8 Å². The fourth-order valence-corrected chi connectivity index (χ4v) is 11.1. The first-order valence-electron chi connectivity index (χ1n) is 19.5. The third-order valence-corrected chi connectivity index (χ3v) is 13.6. The molecule has 16 heteroatoms. The second kappa shape index (κ2) is 15.5. The lowest BCUT2D eigenvalue weighted by molar-refractivity contribution is -0.175. The Bertz CT molecular complexity index is 1790. The van der Waals surface area contributed by atoms with Crippen LogP contribution in [0.3, 0.4) is 0 Å². The highest BCUT2D eigenvalue weighted by atomic mass is 16.5. The van der Waals surface area contributed by atoms with Gasteiger partial charge in [0.05, 0.1) is 18.9 Å². The maximum Gasteiger partial charge on any atom is 0.411 e. The van der Waals surface area contributed by atoms with Crippen LogP contribution in [-0.4, -0.2) is 106 Å². The topological polar surface area (TPSA) is 238 Å². The summed E-state index contributed by atoms with van der Waals surface area (Å²) >= 11 is 0. The number of carbonyl (C=O) groups is 6. The van der Waals surface area contributed by atoms with Gasteiger partial charge < -0.3 is 26.4 Å². The maximum absolute atomic E-state index is 14.9. The van der Waals surface area contributed by atoms with Crippen molar-refractivity contribution < 1.29 is 43.7 Å². The molecule has 8 rings (SSSR count). The van der Waals surface area contributed by atoms with Gasteiger partial charge in [0.25, 0.3) is 11.8 Å². The van der Waals surface area contributed by atoms with E-state index < -0.39 is 81.9 Å². The minimum absolute atomic E-state index is 0.224. The summed E-state index contributed by atoms with van der Waals surface area (Å²) in [6, 6.07) is 14.6. The van der Waals surface area contributed by atoms with Gasteiger partial charge in [0.1, 0.15) is 11.1 Å². The number of benzene rings is 2. The number of fused-ring (bicyclic) bond motifs is 10. The molecule has 308 valence electrons. The Morgan fingerprint density at radius 2 is 1.07 bits per heavy atom. The molecule has 2 saturated heterocycles. The molecule has 16 nitrogen and oxygen atoms in total. The molecule has 8 N–H and O–H groups in total. The van der Waals surface area contributed by atoms with Crippen LogP contribution in [0.4, 0.5) is 9.59 Å². The number of hydrogen-bond acceptors (Lipinski definition) is 10. The molecule has 2 fully saturated rings. The number of likely N-dealkylation sites (tertiary alicyclic amines) is 2. The Morgan fingerprint density at radius 1 is 0.702 bits per heavy atom. The van der Waals surface area contributed by atoms with Crippen molar-refractivity contribution in [2.24, 2.45) is 34.1 Å². The standard InChI is InChI=1S/C41H55N7O9/c1-38(2)28(32(42)49)22-24-10-14-26(15-11-24)40(38,34(51)44-36(53)54)47-18-6-8-30(47)46(20-21-57-5)31-9-7-19-48(31)41(35(52)45-37(55)56)27-16-12-25(13-17-27)23-29(33(43)50)39(41,3)4/h10-17,28-31H,6-9,18-23H2,1-5H3,(H2,42,49)(H2,43,50)(H,44,51)(H,45,52)(H,53,54)(H,55,56)/t28?,29?,30?,31?,40-,41-/m0/s1. The Hall–Kier alpha value is -4.90. The smallest absolute Gasteiger partial charge is 0.411 e. The van der Waals surface area contributed by atoms with Crippen molar-refractivity contribution in [3.05, 3.63) is 70.8 Å². The second-order valence-electron chi connectivity index (χ2n) is 17.0. The number of nitrogens with two attached hydrogens (primary N) is 2. The number of nitrogens with zero attached hydrogens (tertiary/aromatic N) is 3. The number of carboxylic acid groups (broad SMARTS) is 2. The van der Waals surface area contributed by atoms with E-state index in [1.54, 1.807) is 34.8 Å². The third kappa shape index (κ3) is 6.55. The minimum Gasteiger partial charge on any atom is -0.465 e. The van der Waals surface area contributed by atoms with E-state index in [4.69, 9.17) is 16.2 Å². The summed E-state index contributed by atoms with van der Waals surface area (Å²) in [5.41, 5.74) is 8.86. The molecule has 4 unspecified atom stereocenters. The summed E-state index contributed by atoms with van der Waals surface area (Å²) in [5, 5.41) is 24.4. The van der Waals surface area contributed by atoms with Crippen molar-refractivity contribution in [1.82, 2.24) is 25.3 Å². The molecule has 2 aromatic rings. The average molecular weight is 790 g/mol. The molecule has 6 amide bonds. The molecule has 4 bridgehead atoms. The van der Waals surface area contributed by atoms with Crippen LogP contribution in [0, 0.1) is 22.7 Å². The lowest BCUT2D eigenvalue weighted by Gasteiger charge is -2.59. The van der Waals surface area contributed by atoms with E-state index in [-0.39, 0.29) is 26.0 Å². The van der Waals surface area contributed by atoms with E-state index in [0.717, 1.165) is 11.1 Å². The predicted molar refractivity (Wildman–Crippen MR) is 207 cm³/mol. The molecule has 0 saturated carbocycles. The van der Waals surface area contributed by atoms with E-state index in [1.807, 2.05) is 58.3 Å². The van der Waals surface area contributed by atoms with Gasteiger partial charge in [0.15, 0.2) is 0 Å². The number of ether oxygens (including phenoxy) is 1. The number of carbonyl (C=O) groups excluding carboxylic acids is 4. The molecule has 0 aromatic heterocycles. The van der Waals surface area contributed by atoms with Gasteiger partial charge >= 0.3 is 12.2 Å². The van der Waals surface area contributed by atoms with Crippen molar-refractivity contribution in [1.29, 1.82) is 0 Å². The van der Waals surface area contributed by atoms with Crippen LogP contribution in [0.25, 0.3) is 0 Å². The highest BCUT2D eigenvalue weighted by molar-refractivity contribution is 6.00. The third-order valence-electron chi connectivity index (χ3n) is 13.6. The number of primary amides is 2. The quantitative estimate of drug-likeness (QED) is 0.193. The van der Waals surface area contributed by atoms with E-state index in [9.17, 15) is 39.0 Å². The molecule has 2 aliphatic heterocycles. The van der Waals surface area contributed by atoms with E-state index >= 15 is 0 Å². The van der Waals surface area contributed by atoms with Crippen molar-refractivity contribution in [2.75, 3.05) is 33.4 Å². The Morgan fingerprint density at radius 3 is 1.39 bits per heavy atom. The van der Waals surface area contributed by atoms with Crippen LogP contribution in [0.5, 0.6) is 0 Å². The number of rotatable bonds is 11. The van der Waals surface area contributed by atoms with Crippen LogP contribution in [0.2, 0.25) is 0 Å². The fraction of sp³-hybridized carbons (Fsp3) is 0.561. The summed E-state index contributed by atoms with van der Waals surface area (Å²) in [7, 11) is 1.56. The fourth-order valence-electron chi connectivity index (χ4n) is 11.1. The van der Waals surface area contributed by atoms with Crippen LogP contribution in [0.15, 0.2) is 48.5 Å². The van der Waals surface area contributed by atoms with E-state index in [1.165, 1.54) is 0 Å². The van der Waals surface area contributed by atoms with Crippen LogP contribution < -0.4 is 22.1 Å². The molecule has 2 heterocycles. The summed E-state index contributed by atoms with van der Waals surface area (Å²) < 4.78 is 5.68. The van der Waals surface area contributed by atoms with Gasteiger partial charge in [-0.25, -0.2) is 9.59 Å². The molecule has 4 aliphatic carbocycles. The van der Waals surface area contributed by atoms with Crippen molar-refractivity contribution in [3.8, 4) is 0 Å². The molecule has 2 aromatic carbocycles. The lowest BCUT2D eigenvalue weighted by Crippen LogP contribution is -2.73. The van der Waals surface area contributed by atoms with Crippen molar-refractivity contribution in [2.45, 2.75) is 89.6 Å². The first-order chi connectivity index (χ1) is 26.9. The molecular weight excluding hydrogens is 734 g/mol. The molecule has 0 radical (unpaired) electrons. The molecule has 0 spiro atoms. The monoisotopic (exact) mass is 789 g/mol. The lowest BCUT2D eigenvalue weighted by atomic mass is 9.57. The van der Waals surface area contributed by atoms with Crippen molar-refractivity contribution in [3.63, 3.8) is 0 Å². The molecule has 6 aliphatic rings. The number of methoxy groups -OCH3 is 1. The Kier molecular flexibility index (Phi) is 11.3. The number of nitrogens with one attached hydrogen (secondary N) is 2. The van der Waals surface area contributed by atoms with Gasteiger partial charge in [-0.3, -0.25) is 44.5 Å². The van der Waals surface area contributed by atoms with Gasteiger partial charge in [-0.1, -0.05) is 76.2 Å². The first kappa shape index (κ1) is 41.7. The highest BCUT2D eigenvalue weighted by Crippen LogP contribution is 2.57. The second-order valence-corrected chi connectivity index (χ2v) is 17.0. The zero-order chi connectivity index (χ0) is 41.7. The zero-order valence-electron chi connectivity index (χ0n) is 33.2. The first-order valence-corrected chi connectivity index (χ1v) is 19.5. The van der Waals surface area contributed by atoms with Gasteiger partial charge in [0.2, 0.25) is 11.8 Å².